The van der Waals surface area contributed by atoms with Crippen LogP contribution in [0.5, 0.6) is 5.75 Å². The monoisotopic (exact) mass is 405 g/mol. The zero-order valence-corrected chi connectivity index (χ0v) is 17.8. The first kappa shape index (κ1) is 21.6. The van der Waals surface area contributed by atoms with E-state index in [1.165, 1.54) is 4.90 Å². The first-order valence-corrected chi connectivity index (χ1v) is 9.32. The summed E-state index contributed by atoms with van der Waals surface area (Å²) in [6.07, 6.45) is 1.88. The normalized spacial score (nSPS) is 11.3. The molecule has 0 aliphatic carbocycles. The third-order valence-electron chi connectivity index (χ3n) is 4.26. The number of nitrogens with one attached hydrogen (secondary N) is 1. The summed E-state index contributed by atoms with van der Waals surface area (Å²) in [4.78, 5) is 19.5. The van der Waals surface area contributed by atoms with Gasteiger partial charge in [-0.2, -0.15) is 0 Å². The molecule has 152 valence electrons. The molecule has 7 nitrogen and oxygen atoms in total. The van der Waals surface area contributed by atoms with Gasteiger partial charge in [-0.25, -0.2) is 0 Å². The number of carbonyl (C=O) groups is 1. The number of halogens is 1. The van der Waals surface area contributed by atoms with Crippen molar-refractivity contribution in [2.45, 2.75) is 13.1 Å². The average molecular weight is 406 g/mol. The lowest BCUT2D eigenvalue weighted by Gasteiger charge is -2.22. The van der Waals surface area contributed by atoms with Crippen molar-refractivity contribution >= 4 is 23.5 Å². The number of benzene rings is 1. The summed E-state index contributed by atoms with van der Waals surface area (Å²) in [7, 11) is 9.11. The number of nitrogens with zero attached hydrogens (tertiary/aromatic N) is 4. The molecular weight excluding hydrogens is 378 g/mol. The van der Waals surface area contributed by atoms with Gasteiger partial charge in [-0.05, 0) is 23.8 Å². The molecule has 1 aromatic carbocycles. The lowest BCUT2D eigenvalue weighted by molar-refractivity contribution is -0.130. The molecule has 2 aromatic rings. The third kappa shape index (κ3) is 6.20. The highest BCUT2D eigenvalue weighted by atomic mass is 35.5. The number of guanidine groups is 1. The van der Waals surface area contributed by atoms with Crippen molar-refractivity contribution in [1.82, 2.24) is 19.7 Å². The fourth-order valence-electron chi connectivity index (χ4n) is 2.63. The van der Waals surface area contributed by atoms with Crippen LogP contribution in [0.3, 0.4) is 0 Å². The topological polar surface area (TPSA) is 62.1 Å². The number of hydrogen-bond donors (Lipinski definition) is 1. The van der Waals surface area contributed by atoms with Gasteiger partial charge in [0.05, 0.1) is 11.6 Å². The summed E-state index contributed by atoms with van der Waals surface area (Å²) in [5.41, 5.74) is 2.13. The van der Waals surface area contributed by atoms with Crippen LogP contribution < -0.4 is 10.1 Å². The number of aliphatic imine (C=N–C) groups is 1. The van der Waals surface area contributed by atoms with Crippen molar-refractivity contribution in [3.63, 3.8) is 0 Å². The van der Waals surface area contributed by atoms with E-state index < -0.39 is 0 Å². The minimum absolute atomic E-state index is 0.0213. The van der Waals surface area contributed by atoms with Gasteiger partial charge in [0, 0.05) is 53.7 Å². The van der Waals surface area contributed by atoms with E-state index in [1.807, 2.05) is 60.1 Å². The second-order valence-electron chi connectivity index (χ2n) is 6.74. The van der Waals surface area contributed by atoms with Crippen LogP contribution in [0.15, 0.2) is 41.5 Å². The fourth-order valence-corrected chi connectivity index (χ4v) is 2.90. The summed E-state index contributed by atoms with van der Waals surface area (Å²) in [5.74, 6) is 1.36. The SMILES string of the molecule is CN=C(NCc1cccc(OCC(=O)N(C)C)c1)N(C)Cc1cc(Cl)cn1C. The first-order chi connectivity index (χ1) is 13.3. The second-order valence-corrected chi connectivity index (χ2v) is 7.18. The molecule has 0 saturated carbocycles. The summed E-state index contributed by atoms with van der Waals surface area (Å²) < 4.78 is 7.57. The van der Waals surface area contributed by atoms with Gasteiger partial charge in [0.2, 0.25) is 0 Å². The Labute approximate surface area is 171 Å². The van der Waals surface area contributed by atoms with E-state index in [1.54, 1.807) is 21.1 Å². The molecular formula is C20H28ClN5O2. The second kappa shape index (κ2) is 10.0. The quantitative estimate of drug-likeness (QED) is 0.567. The summed E-state index contributed by atoms with van der Waals surface area (Å²) in [6.45, 7) is 1.29. The maximum Gasteiger partial charge on any atom is 0.259 e. The van der Waals surface area contributed by atoms with Gasteiger partial charge < -0.3 is 24.4 Å². The molecule has 1 N–H and O–H groups in total. The molecule has 0 fully saturated rings. The average Bonchev–Trinajstić information content (AvgIpc) is 2.97. The largest absolute Gasteiger partial charge is 0.484 e. The van der Waals surface area contributed by atoms with Crippen LogP contribution in [0.4, 0.5) is 0 Å². The predicted molar refractivity (Wildman–Crippen MR) is 113 cm³/mol. The standard InChI is InChI=1S/C20H28ClN5O2/c1-22-20(26(5)13-17-10-16(21)12-25(17)4)23-11-15-7-6-8-18(9-15)28-14-19(27)24(2)3/h6-10,12H,11,13-14H2,1-5H3,(H,22,23). The highest BCUT2D eigenvalue weighted by molar-refractivity contribution is 6.30. The molecule has 0 radical (unpaired) electrons. The van der Waals surface area contributed by atoms with Crippen LogP contribution in [0.2, 0.25) is 5.02 Å². The Balaban J connectivity index is 1.93. The number of likely N-dealkylation sites (N-methyl/N-ethyl adjacent to an activating group) is 1. The van der Waals surface area contributed by atoms with E-state index in [4.69, 9.17) is 16.3 Å². The van der Waals surface area contributed by atoms with Crippen molar-refractivity contribution in [3.8, 4) is 5.75 Å². The van der Waals surface area contributed by atoms with Crippen LogP contribution >= 0.6 is 11.6 Å². The molecule has 0 aliphatic heterocycles. The van der Waals surface area contributed by atoms with Gasteiger partial charge >= 0.3 is 0 Å². The minimum Gasteiger partial charge on any atom is -0.484 e. The van der Waals surface area contributed by atoms with Gasteiger partial charge in [-0.1, -0.05) is 23.7 Å². The molecule has 0 bridgehead atoms. The molecule has 1 amide bonds. The predicted octanol–water partition coefficient (Wildman–Crippen LogP) is 2.35. The molecule has 28 heavy (non-hydrogen) atoms. The molecule has 2 rings (SSSR count). The van der Waals surface area contributed by atoms with Gasteiger partial charge in [0.15, 0.2) is 12.6 Å². The summed E-state index contributed by atoms with van der Waals surface area (Å²) in [6, 6.07) is 9.61. The Morgan fingerprint density at radius 2 is 2.04 bits per heavy atom. The fraction of sp³-hybridized carbons (Fsp3) is 0.400. The van der Waals surface area contributed by atoms with E-state index in [-0.39, 0.29) is 12.5 Å². The number of rotatable bonds is 7. The molecule has 0 aliphatic rings. The molecule has 0 saturated heterocycles. The zero-order chi connectivity index (χ0) is 20.7. The molecule has 0 spiro atoms. The van der Waals surface area contributed by atoms with Crippen molar-refractivity contribution in [3.05, 3.63) is 52.8 Å². The number of hydrogen-bond acceptors (Lipinski definition) is 3. The van der Waals surface area contributed by atoms with Gasteiger partial charge in [0.25, 0.3) is 5.91 Å². The molecule has 0 unspecified atom stereocenters. The number of aromatic nitrogens is 1. The van der Waals surface area contributed by atoms with E-state index in [0.717, 1.165) is 22.2 Å². The maximum atomic E-state index is 11.7. The highest BCUT2D eigenvalue weighted by Crippen LogP contribution is 2.15. The van der Waals surface area contributed by atoms with Crippen LogP contribution in [-0.4, -0.2) is 61.0 Å². The van der Waals surface area contributed by atoms with Gasteiger partial charge in [-0.15, -0.1) is 0 Å². The Bertz CT molecular complexity index is 832. The van der Waals surface area contributed by atoms with Crippen molar-refractivity contribution in [2.75, 3.05) is 34.8 Å². The molecule has 1 aromatic heterocycles. The smallest absolute Gasteiger partial charge is 0.259 e. The molecule has 8 heteroatoms. The Morgan fingerprint density at radius 3 is 2.64 bits per heavy atom. The Morgan fingerprint density at radius 1 is 1.29 bits per heavy atom. The van der Waals surface area contributed by atoms with Crippen LogP contribution in [0.1, 0.15) is 11.3 Å². The van der Waals surface area contributed by atoms with Crippen molar-refractivity contribution in [1.29, 1.82) is 0 Å². The summed E-state index contributed by atoms with van der Waals surface area (Å²) >= 11 is 6.06. The van der Waals surface area contributed by atoms with Gasteiger partial charge in [0.1, 0.15) is 5.75 Å². The highest BCUT2D eigenvalue weighted by Gasteiger charge is 2.10. The lowest BCUT2D eigenvalue weighted by Crippen LogP contribution is -2.38. The Kier molecular flexibility index (Phi) is 7.75. The van der Waals surface area contributed by atoms with E-state index in [9.17, 15) is 4.79 Å². The van der Waals surface area contributed by atoms with E-state index in [0.29, 0.717) is 18.8 Å². The summed E-state index contributed by atoms with van der Waals surface area (Å²) in [5, 5.41) is 4.07. The number of aryl methyl sites for hydroxylation is 1. The van der Waals surface area contributed by atoms with Crippen LogP contribution in [0, 0.1) is 0 Å². The number of carbonyl (C=O) groups excluding carboxylic acids is 1. The minimum atomic E-state index is -0.0775. The molecule has 0 atom stereocenters. The van der Waals surface area contributed by atoms with Crippen molar-refractivity contribution < 1.29 is 9.53 Å². The zero-order valence-electron chi connectivity index (χ0n) is 17.1. The van der Waals surface area contributed by atoms with Crippen molar-refractivity contribution in [2.24, 2.45) is 12.0 Å². The number of amides is 1. The van der Waals surface area contributed by atoms with E-state index >= 15 is 0 Å². The third-order valence-corrected chi connectivity index (χ3v) is 4.46. The molecule has 1 heterocycles. The lowest BCUT2D eigenvalue weighted by atomic mass is 10.2. The van der Waals surface area contributed by atoms with Crippen LogP contribution in [-0.2, 0) is 24.9 Å². The Hall–Kier alpha value is -2.67. The number of ether oxygens (including phenoxy) is 1. The van der Waals surface area contributed by atoms with Crippen LogP contribution in [0.25, 0.3) is 0 Å². The van der Waals surface area contributed by atoms with Gasteiger partial charge in [-0.3, -0.25) is 9.79 Å². The maximum absolute atomic E-state index is 11.7. The first-order valence-electron chi connectivity index (χ1n) is 8.94. The van der Waals surface area contributed by atoms with E-state index in [2.05, 4.69) is 10.3 Å².